The fourth-order valence-electron chi connectivity index (χ4n) is 2.15. The van der Waals surface area contributed by atoms with E-state index in [-0.39, 0.29) is 11.7 Å². The number of benzene rings is 1. The van der Waals surface area contributed by atoms with Crippen molar-refractivity contribution in [2.45, 2.75) is 32.6 Å². The molecule has 0 unspecified atom stereocenters. The summed E-state index contributed by atoms with van der Waals surface area (Å²) in [6.45, 7) is 1.46. The zero-order valence-electron chi connectivity index (χ0n) is 10.5. The molecule has 0 saturated heterocycles. The number of Topliss-reactive ketones (excluding diaryl/α,β-unsaturated/α-hetero) is 1. The van der Waals surface area contributed by atoms with Crippen LogP contribution in [0, 0.1) is 0 Å². The van der Waals surface area contributed by atoms with Crippen LogP contribution in [0.1, 0.15) is 43.0 Å². The van der Waals surface area contributed by atoms with E-state index in [0.29, 0.717) is 12.0 Å². The maximum atomic E-state index is 12.0. The van der Waals surface area contributed by atoms with Crippen molar-refractivity contribution in [3.05, 3.63) is 41.5 Å². The third-order valence-corrected chi connectivity index (χ3v) is 3.05. The second-order valence-corrected chi connectivity index (χ2v) is 4.61. The summed E-state index contributed by atoms with van der Waals surface area (Å²) in [5.74, 6) is 0.0442. The second kappa shape index (κ2) is 5.63. The van der Waals surface area contributed by atoms with Gasteiger partial charge in [-0.3, -0.25) is 9.59 Å². The summed E-state index contributed by atoms with van der Waals surface area (Å²) in [5, 5.41) is 2.68. The van der Waals surface area contributed by atoms with Gasteiger partial charge in [0.2, 0.25) is 5.91 Å². The molecule has 0 atom stereocenters. The van der Waals surface area contributed by atoms with Crippen LogP contribution in [0.4, 0.5) is 5.69 Å². The van der Waals surface area contributed by atoms with Crippen LogP contribution in [-0.2, 0) is 4.79 Å². The Morgan fingerprint density at radius 3 is 2.50 bits per heavy atom. The highest BCUT2D eigenvalue weighted by atomic mass is 16.1. The van der Waals surface area contributed by atoms with Crippen molar-refractivity contribution in [1.82, 2.24) is 0 Å². The molecule has 0 aromatic heterocycles. The average Bonchev–Trinajstić information content (AvgIpc) is 2.82. The number of hydrogen-bond acceptors (Lipinski definition) is 2. The van der Waals surface area contributed by atoms with Crippen molar-refractivity contribution in [2.24, 2.45) is 0 Å². The summed E-state index contributed by atoms with van der Waals surface area (Å²) in [5.41, 5.74) is 2.68. The smallest absolute Gasteiger partial charge is 0.221 e. The summed E-state index contributed by atoms with van der Waals surface area (Å²) < 4.78 is 0. The van der Waals surface area contributed by atoms with E-state index >= 15 is 0 Å². The van der Waals surface area contributed by atoms with E-state index in [9.17, 15) is 9.59 Å². The first kappa shape index (κ1) is 12.6. The van der Waals surface area contributed by atoms with Crippen molar-refractivity contribution >= 4 is 17.4 Å². The van der Waals surface area contributed by atoms with Crippen molar-refractivity contribution in [2.75, 3.05) is 5.32 Å². The quantitative estimate of drug-likeness (QED) is 0.651. The largest absolute Gasteiger partial charge is 0.326 e. The van der Waals surface area contributed by atoms with Crippen LogP contribution in [0.2, 0.25) is 0 Å². The lowest BCUT2D eigenvalue weighted by molar-refractivity contribution is -0.114. The molecule has 3 heteroatoms. The van der Waals surface area contributed by atoms with Crippen LogP contribution < -0.4 is 5.32 Å². The van der Waals surface area contributed by atoms with Gasteiger partial charge in [0, 0.05) is 24.6 Å². The van der Waals surface area contributed by atoms with E-state index in [0.717, 1.165) is 18.5 Å². The molecule has 18 heavy (non-hydrogen) atoms. The van der Waals surface area contributed by atoms with E-state index in [1.807, 2.05) is 0 Å². The molecule has 1 aromatic rings. The summed E-state index contributed by atoms with van der Waals surface area (Å²) in [7, 11) is 0. The standard InChI is InChI=1S/C15H17NO2/c1-11(17)16-14-8-6-13(7-9-14)15(18)10-12-4-2-3-5-12/h4,6-9H,2-3,5,10H2,1H3,(H,16,17). The normalized spacial score (nSPS) is 14.2. The molecule has 1 aliphatic carbocycles. The number of nitrogens with one attached hydrogen (secondary N) is 1. The van der Waals surface area contributed by atoms with Gasteiger partial charge < -0.3 is 5.32 Å². The molecule has 3 nitrogen and oxygen atoms in total. The monoisotopic (exact) mass is 243 g/mol. The van der Waals surface area contributed by atoms with Crippen LogP contribution in [0.15, 0.2) is 35.9 Å². The topological polar surface area (TPSA) is 46.2 Å². The molecular formula is C15H17NO2. The summed E-state index contributed by atoms with van der Waals surface area (Å²) in [4.78, 5) is 22.9. The van der Waals surface area contributed by atoms with Crippen LogP contribution in [0.3, 0.4) is 0 Å². The Hall–Kier alpha value is -1.90. The van der Waals surface area contributed by atoms with E-state index in [4.69, 9.17) is 0 Å². The molecule has 1 N–H and O–H groups in total. The van der Waals surface area contributed by atoms with Crippen LogP contribution in [-0.4, -0.2) is 11.7 Å². The van der Waals surface area contributed by atoms with Gasteiger partial charge in [-0.25, -0.2) is 0 Å². The van der Waals surface area contributed by atoms with E-state index in [2.05, 4.69) is 11.4 Å². The van der Waals surface area contributed by atoms with E-state index in [1.165, 1.54) is 18.9 Å². The number of carbonyl (C=O) groups excluding carboxylic acids is 2. The Morgan fingerprint density at radius 2 is 1.94 bits per heavy atom. The third-order valence-electron chi connectivity index (χ3n) is 3.05. The maximum Gasteiger partial charge on any atom is 0.221 e. The van der Waals surface area contributed by atoms with Gasteiger partial charge >= 0.3 is 0 Å². The van der Waals surface area contributed by atoms with Gasteiger partial charge in [0.05, 0.1) is 0 Å². The van der Waals surface area contributed by atoms with E-state index < -0.39 is 0 Å². The minimum Gasteiger partial charge on any atom is -0.326 e. The SMILES string of the molecule is CC(=O)Nc1ccc(C(=O)CC2=CCCC2)cc1. The molecule has 0 saturated carbocycles. The first-order valence-electron chi connectivity index (χ1n) is 6.24. The van der Waals surface area contributed by atoms with Crippen LogP contribution in [0.5, 0.6) is 0 Å². The Morgan fingerprint density at radius 1 is 1.22 bits per heavy atom. The Balaban J connectivity index is 2.00. The molecule has 94 valence electrons. The first-order valence-corrected chi connectivity index (χ1v) is 6.24. The third kappa shape index (κ3) is 3.29. The molecule has 0 spiro atoms. The van der Waals surface area contributed by atoms with Gasteiger partial charge in [-0.2, -0.15) is 0 Å². The molecule has 1 aliphatic rings. The van der Waals surface area contributed by atoms with Gasteiger partial charge in [-0.1, -0.05) is 11.6 Å². The fraction of sp³-hybridized carbons (Fsp3) is 0.333. The zero-order chi connectivity index (χ0) is 13.0. The Kier molecular flexibility index (Phi) is 3.92. The fourth-order valence-corrected chi connectivity index (χ4v) is 2.15. The van der Waals surface area contributed by atoms with E-state index in [1.54, 1.807) is 24.3 Å². The first-order chi connectivity index (χ1) is 8.65. The summed E-state index contributed by atoms with van der Waals surface area (Å²) in [6, 6.07) is 7.06. The predicted molar refractivity (Wildman–Crippen MR) is 71.6 cm³/mol. The minimum absolute atomic E-state index is 0.106. The lowest BCUT2D eigenvalue weighted by atomic mass is 10.0. The van der Waals surface area contributed by atoms with Crippen molar-refractivity contribution in [3.8, 4) is 0 Å². The number of rotatable bonds is 4. The molecule has 1 amide bonds. The molecule has 0 bridgehead atoms. The van der Waals surface area contributed by atoms with Crippen molar-refractivity contribution < 1.29 is 9.59 Å². The van der Waals surface area contributed by atoms with Gasteiger partial charge in [0.25, 0.3) is 0 Å². The molecule has 0 aliphatic heterocycles. The predicted octanol–water partition coefficient (Wildman–Crippen LogP) is 3.33. The van der Waals surface area contributed by atoms with Crippen molar-refractivity contribution in [3.63, 3.8) is 0 Å². The lowest BCUT2D eigenvalue weighted by Gasteiger charge is -2.05. The molecule has 0 radical (unpaired) electrons. The molecule has 2 rings (SSSR count). The highest BCUT2D eigenvalue weighted by Gasteiger charge is 2.11. The molecular weight excluding hydrogens is 226 g/mol. The van der Waals surface area contributed by atoms with Crippen LogP contribution in [0.25, 0.3) is 0 Å². The lowest BCUT2D eigenvalue weighted by Crippen LogP contribution is -2.06. The highest BCUT2D eigenvalue weighted by Crippen LogP contribution is 2.22. The van der Waals surface area contributed by atoms with Gasteiger partial charge in [-0.15, -0.1) is 0 Å². The van der Waals surface area contributed by atoms with Gasteiger partial charge in [0.15, 0.2) is 5.78 Å². The molecule has 1 aromatic carbocycles. The summed E-state index contributed by atoms with van der Waals surface area (Å²) >= 11 is 0. The number of carbonyl (C=O) groups is 2. The Labute approximate surface area is 107 Å². The van der Waals surface area contributed by atoms with Crippen molar-refractivity contribution in [1.29, 1.82) is 0 Å². The zero-order valence-corrected chi connectivity index (χ0v) is 10.5. The number of ketones is 1. The second-order valence-electron chi connectivity index (χ2n) is 4.61. The Bertz CT molecular complexity index is 486. The number of allylic oxidation sites excluding steroid dienone is 2. The van der Waals surface area contributed by atoms with Gasteiger partial charge in [-0.05, 0) is 43.5 Å². The van der Waals surface area contributed by atoms with Gasteiger partial charge in [0.1, 0.15) is 0 Å². The van der Waals surface area contributed by atoms with Crippen LogP contribution >= 0.6 is 0 Å². The number of hydrogen-bond donors (Lipinski definition) is 1. The summed E-state index contributed by atoms with van der Waals surface area (Å²) in [6.07, 6.45) is 6.02. The maximum absolute atomic E-state index is 12.0. The number of amides is 1. The molecule has 0 heterocycles. The number of anilines is 1. The molecule has 0 fully saturated rings. The highest BCUT2D eigenvalue weighted by molar-refractivity contribution is 5.98. The minimum atomic E-state index is -0.106. The average molecular weight is 243 g/mol.